The Kier molecular flexibility index (Phi) is 6.24. The highest BCUT2D eigenvalue weighted by atomic mass is 35.5. The number of rotatable bonds is 6. The smallest absolute Gasteiger partial charge is 0.339 e. The number of ether oxygens (including phenoxy) is 1. The maximum absolute atomic E-state index is 12.4. The minimum atomic E-state index is -0.556. The van der Waals surface area contributed by atoms with Crippen LogP contribution in [0.1, 0.15) is 26.3 Å². The predicted molar refractivity (Wildman–Crippen MR) is 109 cm³/mol. The Bertz CT molecular complexity index is 993. The van der Waals surface area contributed by atoms with Crippen molar-refractivity contribution in [1.29, 1.82) is 0 Å². The molecule has 0 aliphatic rings. The van der Waals surface area contributed by atoms with Crippen LogP contribution in [0.2, 0.25) is 5.02 Å². The van der Waals surface area contributed by atoms with Crippen molar-refractivity contribution in [2.75, 3.05) is 17.7 Å². The molecule has 28 heavy (non-hydrogen) atoms. The molecule has 0 spiro atoms. The summed E-state index contributed by atoms with van der Waals surface area (Å²) in [7, 11) is 1.27. The van der Waals surface area contributed by atoms with Crippen molar-refractivity contribution in [1.82, 2.24) is 4.98 Å². The van der Waals surface area contributed by atoms with E-state index in [4.69, 9.17) is 11.6 Å². The predicted octanol–water partition coefficient (Wildman–Crippen LogP) is 4.39. The van der Waals surface area contributed by atoms with Crippen molar-refractivity contribution in [3.8, 4) is 0 Å². The van der Waals surface area contributed by atoms with Crippen LogP contribution < -0.4 is 10.6 Å². The van der Waals surface area contributed by atoms with Crippen LogP contribution in [-0.4, -0.2) is 24.0 Å². The van der Waals surface area contributed by atoms with Crippen molar-refractivity contribution in [2.24, 2.45) is 0 Å². The van der Waals surface area contributed by atoms with Crippen molar-refractivity contribution < 1.29 is 14.3 Å². The lowest BCUT2D eigenvalue weighted by Gasteiger charge is -2.11. The third kappa shape index (κ3) is 4.86. The molecule has 2 aromatic carbocycles. The zero-order valence-electron chi connectivity index (χ0n) is 15.1. The number of carbonyl (C=O) groups is 2. The van der Waals surface area contributed by atoms with Crippen molar-refractivity contribution >= 4 is 34.9 Å². The lowest BCUT2D eigenvalue weighted by atomic mass is 10.2. The number of esters is 1. The van der Waals surface area contributed by atoms with Crippen LogP contribution in [0, 0.1) is 0 Å². The first-order valence-corrected chi connectivity index (χ1v) is 8.86. The molecular formula is C21H18ClN3O3. The van der Waals surface area contributed by atoms with Gasteiger partial charge in [0, 0.05) is 24.6 Å². The van der Waals surface area contributed by atoms with Crippen LogP contribution in [0.15, 0.2) is 67.0 Å². The number of amides is 1. The van der Waals surface area contributed by atoms with E-state index >= 15 is 0 Å². The topological polar surface area (TPSA) is 80.3 Å². The van der Waals surface area contributed by atoms with E-state index in [0.29, 0.717) is 17.3 Å². The van der Waals surface area contributed by atoms with Gasteiger partial charge in [-0.3, -0.25) is 9.78 Å². The molecule has 1 amide bonds. The Morgan fingerprint density at radius 3 is 2.50 bits per heavy atom. The van der Waals surface area contributed by atoms with Gasteiger partial charge in [0.05, 0.1) is 28.9 Å². The largest absolute Gasteiger partial charge is 0.465 e. The highest BCUT2D eigenvalue weighted by molar-refractivity contribution is 6.33. The molecule has 0 unspecified atom stereocenters. The molecule has 3 rings (SSSR count). The van der Waals surface area contributed by atoms with Crippen LogP contribution in [-0.2, 0) is 11.3 Å². The molecule has 0 bridgehead atoms. The Morgan fingerprint density at radius 1 is 1.04 bits per heavy atom. The van der Waals surface area contributed by atoms with Gasteiger partial charge in [-0.05, 0) is 29.8 Å². The maximum atomic E-state index is 12.4. The fourth-order valence-corrected chi connectivity index (χ4v) is 2.77. The summed E-state index contributed by atoms with van der Waals surface area (Å²) in [6.45, 7) is 0.637. The Labute approximate surface area is 167 Å². The summed E-state index contributed by atoms with van der Waals surface area (Å²) in [5.41, 5.74) is 2.87. The van der Waals surface area contributed by atoms with Gasteiger partial charge < -0.3 is 15.4 Å². The first-order valence-electron chi connectivity index (χ1n) is 8.49. The van der Waals surface area contributed by atoms with Crippen molar-refractivity contribution in [2.45, 2.75) is 6.54 Å². The number of hydrogen-bond acceptors (Lipinski definition) is 5. The van der Waals surface area contributed by atoms with Gasteiger partial charge in [-0.25, -0.2) is 4.79 Å². The SMILES string of the molecule is COC(=O)c1cncc(C(=O)Nc2ccc(NCc3ccccc3)c(Cl)c2)c1. The zero-order valence-corrected chi connectivity index (χ0v) is 15.9. The molecule has 0 atom stereocenters. The van der Waals surface area contributed by atoms with Gasteiger partial charge in [0.1, 0.15) is 0 Å². The summed E-state index contributed by atoms with van der Waals surface area (Å²) in [4.78, 5) is 27.9. The van der Waals surface area contributed by atoms with Crippen LogP contribution in [0.5, 0.6) is 0 Å². The lowest BCUT2D eigenvalue weighted by molar-refractivity contribution is 0.0600. The van der Waals surface area contributed by atoms with Crippen LogP contribution in [0.25, 0.3) is 0 Å². The van der Waals surface area contributed by atoms with E-state index in [9.17, 15) is 9.59 Å². The second kappa shape index (κ2) is 9.01. The molecule has 6 nitrogen and oxygen atoms in total. The summed E-state index contributed by atoms with van der Waals surface area (Å²) in [6, 6.07) is 16.6. The van der Waals surface area contributed by atoms with Gasteiger partial charge in [0.15, 0.2) is 0 Å². The van der Waals surface area contributed by atoms with E-state index < -0.39 is 11.9 Å². The molecule has 1 aromatic heterocycles. The highest BCUT2D eigenvalue weighted by Crippen LogP contribution is 2.26. The molecule has 0 aliphatic carbocycles. The Morgan fingerprint density at radius 2 is 1.79 bits per heavy atom. The summed E-state index contributed by atoms with van der Waals surface area (Å²) in [6.07, 6.45) is 2.71. The molecule has 0 saturated heterocycles. The van der Waals surface area contributed by atoms with E-state index in [1.165, 1.54) is 25.6 Å². The standard InChI is InChI=1S/C21H18ClN3O3/c1-28-21(27)16-9-15(12-23-13-16)20(26)25-17-7-8-19(18(22)10-17)24-11-14-5-3-2-4-6-14/h2-10,12-13,24H,11H2,1H3,(H,25,26). The number of carbonyl (C=O) groups excluding carboxylic acids is 2. The van der Waals surface area contributed by atoms with Gasteiger partial charge >= 0.3 is 5.97 Å². The molecule has 0 fully saturated rings. The summed E-state index contributed by atoms with van der Waals surface area (Å²) in [5.74, 6) is -0.960. The molecule has 142 valence electrons. The third-order valence-corrected chi connectivity index (χ3v) is 4.29. The first kappa shape index (κ1) is 19.4. The average molecular weight is 396 g/mol. The molecule has 2 N–H and O–H groups in total. The molecule has 7 heteroatoms. The summed E-state index contributed by atoms with van der Waals surface area (Å²) in [5, 5.41) is 6.48. The number of hydrogen-bond donors (Lipinski definition) is 2. The number of nitrogens with one attached hydrogen (secondary N) is 2. The Balaban J connectivity index is 1.67. The number of nitrogens with zero attached hydrogens (tertiary/aromatic N) is 1. The summed E-state index contributed by atoms with van der Waals surface area (Å²) < 4.78 is 4.64. The highest BCUT2D eigenvalue weighted by Gasteiger charge is 2.12. The van der Waals surface area contributed by atoms with E-state index in [1.807, 2.05) is 30.3 Å². The number of halogens is 1. The quantitative estimate of drug-likeness (QED) is 0.605. The third-order valence-electron chi connectivity index (χ3n) is 3.97. The molecule has 0 radical (unpaired) electrons. The molecule has 3 aromatic rings. The average Bonchev–Trinajstić information content (AvgIpc) is 2.73. The summed E-state index contributed by atoms with van der Waals surface area (Å²) >= 11 is 6.32. The number of methoxy groups -OCH3 is 1. The van der Waals surface area contributed by atoms with E-state index in [0.717, 1.165) is 11.3 Å². The van der Waals surface area contributed by atoms with Gasteiger partial charge in [0.2, 0.25) is 0 Å². The van der Waals surface area contributed by atoms with Gasteiger partial charge in [-0.15, -0.1) is 0 Å². The van der Waals surface area contributed by atoms with Crippen LogP contribution in [0.4, 0.5) is 11.4 Å². The molecule has 0 saturated carbocycles. The minimum absolute atomic E-state index is 0.202. The monoisotopic (exact) mass is 395 g/mol. The fourth-order valence-electron chi connectivity index (χ4n) is 2.53. The molecular weight excluding hydrogens is 378 g/mol. The maximum Gasteiger partial charge on any atom is 0.339 e. The van der Waals surface area contributed by atoms with E-state index in [2.05, 4.69) is 20.4 Å². The van der Waals surface area contributed by atoms with Gasteiger partial charge in [-0.1, -0.05) is 41.9 Å². The van der Waals surface area contributed by atoms with E-state index in [1.54, 1.807) is 18.2 Å². The van der Waals surface area contributed by atoms with Crippen molar-refractivity contribution in [3.05, 3.63) is 88.7 Å². The van der Waals surface area contributed by atoms with Gasteiger partial charge in [0.25, 0.3) is 5.91 Å². The normalized spacial score (nSPS) is 10.2. The molecule has 1 heterocycles. The van der Waals surface area contributed by atoms with Crippen LogP contribution >= 0.6 is 11.6 Å². The second-order valence-electron chi connectivity index (χ2n) is 5.94. The number of aromatic nitrogens is 1. The van der Waals surface area contributed by atoms with E-state index in [-0.39, 0.29) is 11.1 Å². The van der Waals surface area contributed by atoms with Crippen molar-refractivity contribution in [3.63, 3.8) is 0 Å². The van der Waals surface area contributed by atoms with Crippen LogP contribution in [0.3, 0.4) is 0 Å². The Hall–Kier alpha value is -3.38. The zero-order chi connectivity index (χ0) is 19.9. The minimum Gasteiger partial charge on any atom is -0.465 e. The van der Waals surface area contributed by atoms with Gasteiger partial charge in [-0.2, -0.15) is 0 Å². The molecule has 0 aliphatic heterocycles. The first-order chi connectivity index (χ1) is 13.6. The number of pyridine rings is 1. The number of anilines is 2. The lowest BCUT2D eigenvalue weighted by Crippen LogP contribution is -2.14. The second-order valence-corrected chi connectivity index (χ2v) is 6.35. The number of benzene rings is 2. The fraction of sp³-hybridized carbons (Fsp3) is 0.0952.